The van der Waals surface area contributed by atoms with E-state index < -0.39 is 34.1 Å². The number of anilines is 1. The number of halogens is 2. The molecule has 0 heterocycles. The molecule has 10 heteroatoms. The fraction of sp³-hybridized carbons (Fsp3) is 0.462. The number of carbonyl (C=O) groups excluding carboxylic acids is 2. The summed E-state index contributed by atoms with van der Waals surface area (Å²) in [5, 5.41) is 3.55. The smallest absolute Gasteiger partial charge is 0.244 e. The van der Waals surface area contributed by atoms with Crippen molar-refractivity contribution in [1.82, 2.24) is 10.2 Å². The molecule has 0 aliphatic carbocycles. The minimum atomic E-state index is -3.81. The molecule has 0 unspecified atom stereocenters. The third-order valence-electron chi connectivity index (χ3n) is 5.58. The molecule has 2 aromatic rings. The highest BCUT2D eigenvalue weighted by Crippen LogP contribution is 2.27. The monoisotopic (exact) mass is 555 g/mol. The summed E-state index contributed by atoms with van der Waals surface area (Å²) in [7, 11) is -3.81. The van der Waals surface area contributed by atoms with Crippen molar-refractivity contribution in [3.8, 4) is 0 Å². The first kappa shape index (κ1) is 29.9. The number of hydrogen-bond donors (Lipinski definition) is 1. The van der Waals surface area contributed by atoms with E-state index in [9.17, 15) is 18.0 Å². The number of benzene rings is 2. The topological polar surface area (TPSA) is 86.8 Å². The largest absolute Gasteiger partial charge is 0.350 e. The molecule has 0 radical (unpaired) electrons. The van der Waals surface area contributed by atoms with Crippen LogP contribution in [0.15, 0.2) is 42.5 Å². The number of nitrogens with one attached hydrogen (secondary N) is 1. The molecule has 0 aliphatic rings. The molecule has 1 atom stereocenters. The van der Waals surface area contributed by atoms with Crippen LogP contribution in [-0.2, 0) is 26.2 Å². The molecule has 0 saturated carbocycles. The van der Waals surface area contributed by atoms with Gasteiger partial charge in [0.2, 0.25) is 21.8 Å². The molecule has 2 rings (SSSR count). The fourth-order valence-electron chi connectivity index (χ4n) is 3.55. The molecule has 0 aliphatic heterocycles. The van der Waals surface area contributed by atoms with Gasteiger partial charge >= 0.3 is 0 Å². The normalized spacial score (nSPS) is 12.8. The van der Waals surface area contributed by atoms with Crippen LogP contribution in [0.3, 0.4) is 0 Å². The molecule has 198 valence electrons. The number of hydrogen-bond acceptors (Lipinski definition) is 4. The maximum atomic E-state index is 13.6. The van der Waals surface area contributed by atoms with Crippen molar-refractivity contribution >= 4 is 50.7 Å². The molecule has 0 fully saturated rings. The van der Waals surface area contributed by atoms with Crippen molar-refractivity contribution in [1.29, 1.82) is 0 Å². The van der Waals surface area contributed by atoms with Crippen molar-refractivity contribution in [3.05, 3.63) is 63.6 Å². The van der Waals surface area contributed by atoms with Gasteiger partial charge in [0.05, 0.1) is 11.9 Å². The lowest BCUT2D eigenvalue weighted by atomic mass is 10.0. The zero-order valence-electron chi connectivity index (χ0n) is 21.8. The Labute approximate surface area is 224 Å². The van der Waals surface area contributed by atoms with E-state index in [1.807, 2.05) is 46.8 Å². The Bertz CT molecular complexity index is 1170. The minimum Gasteiger partial charge on any atom is -0.350 e. The van der Waals surface area contributed by atoms with Crippen LogP contribution in [0.4, 0.5) is 5.69 Å². The summed E-state index contributed by atoms with van der Waals surface area (Å²) >= 11 is 12.7. The summed E-state index contributed by atoms with van der Waals surface area (Å²) in [5.41, 5.74) is 1.34. The predicted octanol–water partition coefficient (Wildman–Crippen LogP) is 5.21. The highest BCUT2D eigenvalue weighted by Gasteiger charge is 2.32. The summed E-state index contributed by atoms with van der Waals surface area (Å²) in [6, 6.07) is 11.1. The van der Waals surface area contributed by atoms with E-state index in [1.54, 1.807) is 37.3 Å². The van der Waals surface area contributed by atoms with E-state index in [2.05, 4.69) is 5.32 Å². The molecule has 0 saturated heterocycles. The third-order valence-corrected chi connectivity index (χ3v) is 7.43. The summed E-state index contributed by atoms with van der Waals surface area (Å²) in [6.07, 6.45) is 1.04. The molecule has 0 aromatic heterocycles. The first-order chi connectivity index (χ1) is 16.5. The van der Waals surface area contributed by atoms with E-state index in [0.717, 1.165) is 16.1 Å². The first-order valence-electron chi connectivity index (χ1n) is 11.6. The van der Waals surface area contributed by atoms with E-state index >= 15 is 0 Å². The van der Waals surface area contributed by atoms with Crippen LogP contribution < -0.4 is 9.62 Å². The number of carbonyl (C=O) groups is 2. The molecule has 36 heavy (non-hydrogen) atoms. The van der Waals surface area contributed by atoms with Crippen LogP contribution in [0.1, 0.15) is 58.6 Å². The second-order valence-electron chi connectivity index (χ2n) is 10.2. The first-order valence-corrected chi connectivity index (χ1v) is 14.2. The lowest BCUT2D eigenvalue weighted by Crippen LogP contribution is -2.54. The summed E-state index contributed by atoms with van der Waals surface area (Å²) in [5.74, 6) is -0.683. The molecular formula is C26H35Cl2N3O4S. The quantitative estimate of drug-likeness (QED) is 0.459. The van der Waals surface area contributed by atoms with Crippen LogP contribution in [-0.4, -0.2) is 49.5 Å². The fourth-order valence-corrected chi connectivity index (χ4v) is 4.92. The standard InChI is InChI=1S/C26H35Cl2N3O4S/c1-17(2)19-11-13-20(14-12-19)31(36(7,34)35)16-24(32)30(18(3)25(33)29-26(4,5)6)15-21-22(27)9-8-10-23(21)28/h8-14,17-18H,15-16H2,1-7H3,(H,29,33)/t18-/m0/s1. The maximum absolute atomic E-state index is 13.6. The Hall–Kier alpha value is -2.29. The highest BCUT2D eigenvalue weighted by molar-refractivity contribution is 7.92. The Morgan fingerprint density at radius 2 is 1.50 bits per heavy atom. The molecular weight excluding hydrogens is 521 g/mol. The minimum absolute atomic E-state index is 0.0695. The third kappa shape index (κ3) is 8.11. The van der Waals surface area contributed by atoms with E-state index in [1.165, 1.54) is 4.90 Å². The molecule has 1 N–H and O–H groups in total. The highest BCUT2D eigenvalue weighted by atomic mass is 35.5. The molecule has 7 nitrogen and oxygen atoms in total. The van der Waals surface area contributed by atoms with Crippen LogP contribution in [0.5, 0.6) is 0 Å². The van der Waals surface area contributed by atoms with Gasteiger partial charge in [0.15, 0.2) is 0 Å². The van der Waals surface area contributed by atoms with Gasteiger partial charge in [-0.05, 0) is 63.4 Å². The average molecular weight is 557 g/mol. The Morgan fingerprint density at radius 1 is 0.972 bits per heavy atom. The zero-order chi connectivity index (χ0) is 27.4. The molecule has 0 bridgehead atoms. The summed E-state index contributed by atoms with van der Waals surface area (Å²) in [6.45, 7) is 10.6. The number of nitrogens with zero attached hydrogens (tertiary/aromatic N) is 2. The SMILES string of the molecule is CC(C)c1ccc(N(CC(=O)N(Cc2c(Cl)cccc2Cl)[C@@H](C)C(=O)NC(C)(C)C)S(C)(=O)=O)cc1. The van der Waals surface area contributed by atoms with Gasteiger partial charge in [-0.3, -0.25) is 13.9 Å². The molecule has 2 amide bonds. The van der Waals surface area contributed by atoms with Gasteiger partial charge in [0.1, 0.15) is 12.6 Å². The Kier molecular flexibility index (Phi) is 9.84. The second-order valence-corrected chi connectivity index (χ2v) is 12.9. The average Bonchev–Trinajstić information content (AvgIpc) is 2.75. The van der Waals surface area contributed by atoms with Crippen molar-refractivity contribution in [2.75, 3.05) is 17.1 Å². The van der Waals surface area contributed by atoms with Crippen LogP contribution in [0.2, 0.25) is 10.0 Å². The lowest BCUT2D eigenvalue weighted by Gasteiger charge is -2.33. The maximum Gasteiger partial charge on any atom is 0.244 e. The van der Waals surface area contributed by atoms with Gasteiger partial charge in [0.25, 0.3) is 0 Å². The lowest BCUT2D eigenvalue weighted by molar-refractivity contribution is -0.140. The molecule has 2 aromatic carbocycles. The van der Waals surface area contributed by atoms with Crippen LogP contribution in [0, 0.1) is 0 Å². The summed E-state index contributed by atoms with van der Waals surface area (Å²) < 4.78 is 26.4. The number of amides is 2. The van der Waals surface area contributed by atoms with Gasteiger partial charge in [-0.25, -0.2) is 8.42 Å². The van der Waals surface area contributed by atoms with Gasteiger partial charge in [-0.15, -0.1) is 0 Å². The van der Waals surface area contributed by atoms with Gasteiger partial charge in [-0.1, -0.05) is 55.2 Å². The molecule has 0 spiro atoms. The zero-order valence-corrected chi connectivity index (χ0v) is 24.1. The van der Waals surface area contributed by atoms with Crippen molar-refractivity contribution < 1.29 is 18.0 Å². The summed E-state index contributed by atoms with van der Waals surface area (Å²) in [4.78, 5) is 28.0. The van der Waals surface area contributed by atoms with E-state index in [-0.39, 0.29) is 18.4 Å². The van der Waals surface area contributed by atoms with E-state index in [4.69, 9.17) is 23.2 Å². The van der Waals surface area contributed by atoms with Gasteiger partial charge < -0.3 is 10.2 Å². The Morgan fingerprint density at radius 3 is 1.94 bits per heavy atom. The predicted molar refractivity (Wildman–Crippen MR) is 147 cm³/mol. The van der Waals surface area contributed by atoms with E-state index in [0.29, 0.717) is 21.3 Å². The number of sulfonamides is 1. The Balaban J connectivity index is 2.46. The van der Waals surface area contributed by atoms with Gasteiger partial charge in [0, 0.05) is 27.7 Å². The second kappa shape index (κ2) is 11.8. The van der Waals surface area contributed by atoms with Crippen LogP contribution in [0.25, 0.3) is 0 Å². The van der Waals surface area contributed by atoms with Crippen molar-refractivity contribution in [3.63, 3.8) is 0 Å². The van der Waals surface area contributed by atoms with Gasteiger partial charge in [-0.2, -0.15) is 0 Å². The van der Waals surface area contributed by atoms with Crippen molar-refractivity contribution in [2.45, 2.75) is 65.6 Å². The number of rotatable bonds is 9. The van der Waals surface area contributed by atoms with Crippen LogP contribution >= 0.6 is 23.2 Å². The van der Waals surface area contributed by atoms with Crippen molar-refractivity contribution in [2.24, 2.45) is 0 Å².